The summed E-state index contributed by atoms with van der Waals surface area (Å²) < 4.78 is 7.73. The molecule has 28 heavy (non-hydrogen) atoms. The minimum atomic E-state index is 0.415. The van der Waals surface area contributed by atoms with Gasteiger partial charge in [0.15, 0.2) is 0 Å². The first kappa shape index (κ1) is 18.9. The van der Waals surface area contributed by atoms with Gasteiger partial charge in [0.05, 0.1) is 5.39 Å². The molecule has 3 heterocycles. The first-order valence-corrected chi connectivity index (χ1v) is 10.5. The average molecular weight is 379 g/mol. The van der Waals surface area contributed by atoms with Crippen LogP contribution in [0.4, 0.5) is 5.82 Å². The summed E-state index contributed by atoms with van der Waals surface area (Å²) in [4.78, 5) is 9.32. The largest absolute Gasteiger partial charge is 0.381 e. The Bertz CT molecular complexity index is 927. The molecule has 3 aromatic rings. The fourth-order valence-corrected chi connectivity index (χ4v) is 4.01. The second-order valence-corrected chi connectivity index (χ2v) is 7.77. The van der Waals surface area contributed by atoms with E-state index >= 15 is 0 Å². The van der Waals surface area contributed by atoms with Crippen LogP contribution in [0.25, 0.3) is 16.7 Å². The summed E-state index contributed by atoms with van der Waals surface area (Å²) in [6.07, 6.45) is 10.7. The SMILES string of the molecule is CCCCCc1cn(-c2cccc(C)c2)c2ncnc(NC3CCOCC3)c12. The Morgan fingerprint density at radius 1 is 1.18 bits per heavy atom. The van der Waals surface area contributed by atoms with Crippen LogP contribution in [0.15, 0.2) is 36.8 Å². The Kier molecular flexibility index (Phi) is 5.91. The molecule has 4 rings (SSSR count). The second-order valence-electron chi connectivity index (χ2n) is 7.77. The maximum absolute atomic E-state index is 5.51. The van der Waals surface area contributed by atoms with Gasteiger partial charge in [0, 0.05) is 31.1 Å². The van der Waals surface area contributed by atoms with Gasteiger partial charge in [-0.25, -0.2) is 9.97 Å². The second kappa shape index (κ2) is 8.74. The Morgan fingerprint density at radius 2 is 2.04 bits per heavy atom. The van der Waals surface area contributed by atoms with E-state index in [2.05, 4.69) is 64.2 Å². The lowest BCUT2D eigenvalue weighted by molar-refractivity contribution is 0.0904. The topological polar surface area (TPSA) is 52.0 Å². The Balaban J connectivity index is 1.76. The molecular weight excluding hydrogens is 348 g/mol. The first-order chi connectivity index (χ1) is 13.8. The number of hydrogen-bond donors (Lipinski definition) is 1. The monoisotopic (exact) mass is 378 g/mol. The number of aromatic nitrogens is 3. The third-order valence-corrected chi connectivity index (χ3v) is 5.55. The summed E-state index contributed by atoms with van der Waals surface area (Å²) >= 11 is 0. The van der Waals surface area contributed by atoms with Gasteiger partial charge in [0.25, 0.3) is 0 Å². The summed E-state index contributed by atoms with van der Waals surface area (Å²) in [5.74, 6) is 0.967. The molecule has 148 valence electrons. The minimum Gasteiger partial charge on any atom is -0.381 e. The van der Waals surface area contributed by atoms with Crippen LogP contribution in [0.3, 0.4) is 0 Å². The predicted octanol–water partition coefficient (Wildman–Crippen LogP) is 5.05. The van der Waals surface area contributed by atoms with E-state index in [1.165, 1.54) is 35.8 Å². The molecule has 0 atom stereocenters. The van der Waals surface area contributed by atoms with Gasteiger partial charge in [-0.05, 0) is 55.9 Å². The molecule has 1 saturated heterocycles. The van der Waals surface area contributed by atoms with Crippen molar-refractivity contribution in [3.05, 3.63) is 47.9 Å². The summed E-state index contributed by atoms with van der Waals surface area (Å²) in [6, 6.07) is 9.01. The van der Waals surface area contributed by atoms with Crippen molar-refractivity contribution >= 4 is 16.9 Å². The molecule has 0 bridgehead atoms. The zero-order chi connectivity index (χ0) is 19.3. The number of fused-ring (bicyclic) bond motifs is 1. The van der Waals surface area contributed by atoms with Crippen LogP contribution < -0.4 is 5.32 Å². The van der Waals surface area contributed by atoms with E-state index in [0.717, 1.165) is 49.6 Å². The highest BCUT2D eigenvalue weighted by molar-refractivity contribution is 5.92. The number of aryl methyl sites for hydroxylation is 2. The Labute approximate surface area is 167 Å². The van der Waals surface area contributed by atoms with Crippen LogP contribution in [0, 0.1) is 6.92 Å². The molecule has 1 fully saturated rings. The highest BCUT2D eigenvalue weighted by Gasteiger charge is 2.19. The van der Waals surface area contributed by atoms with Gasteiger partial charge in [-0.1, -0.05) is 31.9 Å². The molecule has 0 aliphatic carbocycles. The minimum absolute atomic E-state index is 0.415. The maximum atomic E-state index is 5.51. The lowest BCUT2D eigenvalue weighted by Crippen LogP contribution is -2.28. The van der Waals surface area contributed by atoms with E-state index in [-0.39, 0.29) is 0 Å². The number of benzene rings is 1. The van der Waals surface area contributed by atoms with Gasteiger partial charge in [-0.3, -0.25) is 0 Å². The third-order valence-electron chi connectivity index (χ3n) is 5.55. The van der Waals surface area contributed by atoms with Crippen LogP contribution >= 0.6 is 0 Å². The molecule has 0 spiro atoms. The van der Waals surface area contributed by atoms with Crippen LogP contribution in [0.5, 0.6) is 0 Å². The summed E-state index contributed by atoms with van der Waals surface area (Å²) in [5.41, 5.74) is 4.73. The van der Waals surface area contributed by atoms with Gasteiger partial charge >= 0.3 is 0 Å². The number of nitrogens with zero attached hydrogens (tertiary/aromatic N) is 3. The van der Waals surface area contributed by atoms with Gasteiger partial charge < -0.3 is 14.6 Å². The molecule has 1 aromatic carbocycles. The van der Waals surface area contributed by atoms with Gasteiger partial charge in [-0.15, -0.1) is 0 Å². The summed E-state index contributed by atoms with van der Waals surface area (Å²) in [5, 5.41) is 4.86. The molecular formula is C23H30N4O. The van der Waals surface area contributed by atoms with Crippen molar-refractivity contribution in [2.45, 2.75) is 58.4 Å². The van der Waals surface area contributed by atoms with E-state index in [4.69, 9.17) is 4.74 Å². The highest BCUT2D eigenvalue weighted by Crippen LogP contribution is 2.30. The van der Waals surface area contributed by atoms with Crippen LogP contribution in [-0.2, 0) is 11.2 Å². The number of anilines is 1. The third kappa shape index (κ3) is 4.04. The van der Waals surface area contributed by atoms with E-state index in [1.54, 1.807) is 6.33 Å². The molecule has 0 unspecified atom stereocenters. The number of hydrogen-bond acceptors (Lipinski definition) is 4. The van der Waals surface area contributed by atoms with Crippen molar-refractivity contribution in [2.24, 2.45) is 0 Å². The maximum Gasteiger partial charge on any atom is 0.150 e. The van der Waals surface area contributed by atoms with Crippen molar-refractivity contribution < 1.29 is 4.74 Å². The number of unbranched alkanes of at least 4 members (excludes halogenated alkanes) is 2. The Hall–Kier alpha value is -2.40. The van der Waals surface area contributed by atoms with Gasteiger partial charge in [-0.2, -0.15) is 0 Å². The first-order valence-electron chi connectivity index (χ1n) is 10.5. The van der Waals surface area contributed by atoms with Crippen molar-refractivity contribution in [1.29, 1.82) is 0 Å². The molecule has 0 saturated carbocycles. The highest BCUT2D eigenvalue weighted by atomic mass is 16.5. The number of rotatable bonds is 7. The molecule has 1 aliphatic heterocycles. The Morgan fingerprint density at radius 3 is 2.82 bits per heavy atom. The van der Waals surface area contributed by atoms with Crippen LogP contribution in [0.2, 0.25) is 0 Å². The van der Waals surface area contributed by atoms with Crippen molar-refractivity contribution in [1.82, 2.24) is 14.5 Å². The number of nitrogens with one attached hydrogen (secondary N) is 1. The molecule has 0 radical (unpaired) electrons. The lowest BCUT2D eigenvalue weighted by Gasteiger charge is -2.24. The smallest absolute Gasteiger partial charge is 0.150 e. The van der Waals surface area contributed by atoms with Crippen molar-refractivity contribution in [3.8, 4) is 5.69 Å². The lowest BCUT2D eigenvalue weighted by atomic mass is 10.1. The number of ether oxygens (including phenoxy) is 1. The fraction of sp³-hybridized carbons (Fsp3) is 0.478. The van der Waals surface area contributed by atoms with Gasteiger partial charge in [0.1, 0.15) is 17.8 Å². The molecule has 5 heteroatoms. The fourth-order valence-electron chi connectivity index (χ4n) is 4.01. The van der Waals surface area contributed by atoms with Crippen LogP contribution in [-0.4, -0.2) is 33.8 Å². The van der Waals surface area contributed by atoms with Gasteiger partial charge in [0.2, 0.25) is 0 Å². The van der Waals surface area contributed by atoms with Crippen LogP contribution in [0.1, 0.15) is 50.2 Å². The zero-order valence-electron chi connectivity index (χ0n) is 16.9. The normalized spacial score (nSPS) is 15.2. The molecule has 2 aromatic heterocycles. The summed E-state index contributed by atoms with van der Waals surface area (Å²) in [7, 11) is 0. The molecule has 5 nitrogen and oxygen atoms in total. The van der Waals surface area contributed by atoms with Crippen molar-refractivity contribution in [2.75, 3.05) is 18.5 Å². The van der Waals surface area contributed by atoms with E-state index in [9.17, 15) is 0 Å². The van der Waals surface area contributed by atoms with E-state index in [0.29, 0.717) is 6.04 Å². The summed E-state index contributed by atoms with van der Waals surface area (Å²) in [6.45, 7) is 6.01. The zero-order valence-corrected chi connectivity index (χ0v) is 16.9. The quantitative estimate of drug-likeness (QED) is 0.584. The molecule has 1 N–H and O–H groups in total. The van der Waals surface area contributed by atoms with E-state index in [1.807, 2.05) is 0 Å². The molecule has 0 amide bonds. The van der Waals surface area contributed by atoms with Crippen molar-refractivity contribution in [3.63, 3.8) is 0 Å². The predicted molar refractivity (Wildman–Crippen MR) is 114 cm³/mol. The molecule has 1 aliphatic rings. The standard InChI is InChI=1S/C23H30N4O/c1-3-4-5-8-18-15-27(20-9-6-7-17(2)14-20)23-21(18)22(24-16-25-23)26-19-10-12-28-13-11-19/h6-7,9,14-16,19H,3-5,8,10-13H2,1-2H3,(H,24,25,26). The van der Waals surface area contributed by atoms with E-state index < -0.39 is 0 Å². The average Bonchev–Trinajstić information content (AvgIpc) is 3.09.